The van der Waals surface area contributed by atoms with Crippen molar-refractivity contribution in [2.75, 3.05) is 13.6 Å². The highest BCUT2D eigenvalue weighted by Crippen LogP contribution is 2.48. The van der Waals surface area contributed by atoms with Crippen LogP contribution in [-0.4, -0.2) is 48.5 Å². The lowest BCUT2D eigenvalue weighted by Crippen LogP contribution is -2.44. The first-order chi connectivity index (χ1) is 12.4. The van der Waals surface area contributed by atoms with E-state index < -0.39 is 35.7 Å². The molecule has 1 aromatic carbocycles. The molecule has 1 aliphatic carbocycles. The molecule has 1 aromatic rings. The Kier molecular flexibility index (Phi) is 4.84. The first kappa shape index (κ1) is 19.8. The minimum Gasteiger partial charge on any atom is -0.402 e. The fraction of sp³-hybridized carbons (Fsp3) is 0.529. The predicted octanol–water partition coefficient (Wildman–Crippen LogP) is 3.75. The Bertz CT molecular complexity index is 732. The van der Waals surface area contributed by atoms with Gasteiger partial charge in [0.2, 0.25) is 0 Å². The number of likely N-dealkylation sites (N-methyl/N-ethyl adjacent to an activating group) is 1. The molecular weight excluding hydrogens is 380 g/mol. The molecule has 0 saturated carbocycles. The number of aliphatic hydroxyl groups is 1. The van der Waals surface area contributed by atoms with Crippen molar-refractivity contribution < 1.29 is 40.9 Å². The highest BCUT2D eigenvalue weighted by atomic mass is 19.4. The van der Waals surface area contributed by atoms with Crippen LogP contribution in [0, 0.1) is 0 Å². The van der Waals surface area contributed by atoms with Gasteiger partial charge in [-0.1, -0.05) is 18.2 Å². The molecule has 1 aliphatic heterocycles. The Morgan fingerprint density at radius 1 is 1.07 bits per heavy atom. The van der Waals surface area contributed by atoms with E-state index in [0.717, 1.165) is 12.1 Å². The monoisotopic (exact) mass is 397 g/mol. The van der Waals surface area contributed by atoms with Crippen molar-refractivity contribution >= 4 is 0 Å². The smallest absolute Gasteiger partial charge is 0.402 e. The average Bonchev–Trinajstić information content (AvgIpc) is 2.84. The Hall–Kier alpha value is -1.94. The third-order valence-electron chi connectivity index (χ3n) is 5.02. The summed E-state index contributed by atoms with van der Waals surface area (Å²) in [5.74, 6) is -2.12. The Morgan fingerprint density at radius 2 is 1.70 bits per heavy atom. The van der Waals surface area contributed by atoms with Crippen molar-refractivity contribution in [3.63, 3.8) is 0 Å². The average molecular weight is 397 g/mol. The van der Waals surface area contributed by atoms with Crippen LogP contribution in [0.15, 0.2) is 30.4 Å². The van der Waals surface area contributed by atoms with Crippen LogP contribution >= 0.6 is 0 Å². The van der Waals surface area contributed by atoms with Crippen LogP contribution < -0.4 is 9.47 Å². The normalized spacial score (nSPS) is 28.9. The zero-order chi connectivity index (χ0) is 20.0. The maximum Gasteiger partial charge on any atom is 0.573 e. The molecule has 1 heterocycles. The molecule has 2 aliphatic rings. The highest BCUT2D eigenvalue weighted by molar-refractivity contribution is 5.49. The largest absolute Gasteiger partial charge is 0.573 e. The fourth-order valence-corrected chi connectivity index (χ4v) is 3.90. The van der Waals surface area contributed by atoms with Gasteiger partial charge in [0.25, 0.3) is 0 Å². The van der Waals surface area contributed by atoms with Gasteiger partial charge in [0, 0.05) is 11.5 Å². The van der Waals surface area contributed by atoms with Gasteiger partial charge in [-0.2, -0.15) is 0 Å². The van der Waals surface area contributed by atoms with E-state index in [0.29, 0.717) is 24.9 Å². The van der Waals surface area contributed by atoms with Gasteiger partial charge in [0.05, 0.1) is 6.10 Å². The summed E-state index contributed by atoms with van der Waals surface area (Å²) in [6.07, 6.45) is -6.85. The molecule has 1 saturated heterocycles. The molecule has 0 aromatic heterocycles. The van der Waals surface area contributed by atoms with E-state index in [4.69, 9.17) is 0 Å². The molecule has 27 heavy (non-hydrogen) atoms. The molecule has 0 radical (unpaired) electrons. The summed E-state index contributed by atoms with van der Waals surface area (Å²) in [6, 6.07) is 2.86. The van der Waals surface area contributed by atoms with E-state index in [9.17, 15) is 31.4 Å². The Balaban J connectivity index is 2.06. The zero-order valence-electron chi connectivity index (χ0n) is 14.1. The number of aliphatic hydroxyl groups excluding tert-OH is 1. The minimum absolute atomic E-state index is 0.203. The standard InChI is InChI=1S/C17H17F6NO3/c1-24-7-6-15(5-4-11(25)9-14(15)24)10-2-3-12(26-16(18,19)20)13(8-10)27-17(21,22)23/h2-5,8,11,14,25H,6-7,9H2,1H3/t11-,14-,15-/m0/s1. The number of hydrogen-bond donors (Lipinski definition) is 1. The van der Waals surface area contributed by atoms with Crippen LogP contribution in [0.25, 0.3) is 0 Å². The third kappa shape index (κ3) is 4.16. The minimum atomic E-state index is -5.18. The van der Waals surface area contributed by atoms with Gasteiger partial charge in [-0.05, 0) is 44.1 Å². The molecule has 4 nitrogen and oxygen atoms in total. The molecule has 10 heteroatoms. The summed E-state index contributed by atoms with van der Waals surface area (Å²) in [4.78, 5) is 1.97. The molecular formula is C17H17F6NO3. The molecule has 3 atom stereocenters. The molecule has 1 fully saturated rings. The van der Waals surface area contributed by atoms with Gasteiger partial charge >= 0.3 is 12.7 Å². The van der Waals surface area contributed by atoms with Crippen molar-refractivity contribution in [3.8, 4) is 11.5 Å². The van der Waals surface area contributed by atoms with Crippen LogP contribution in [0.4, 0.5) is 26.3 Å². The van der Waals surface area contributed by atoms with Gasteiger partial charge in [-0.3, -0.25) is 0 Å². The summed E-state index contributed by atoms with van der Waals surface area (Å²) in [7, 11) is 1.83. The predicted molar refractivity (Wildman–Crippen MR) is 82.3 cm³/mol. The fourth-order valence-electron chi connectivity index (χ4n) is 3.90. The highest BCUT2D eigenvalue weighted by Gasteiger charge is 2.48. The van der Waals surface area contributed by atoms with Crippen LogP contribution in [0.2, 0.25) is 0 Å². The number of nitrogens with zero attached hydrogens (tertiary/aromatic N) is 1. The van der Waals surface area contributed by atoms with Crippen molar-refractivity contribution in [3.05, 3.63) is 35.9 Å². The number of hydrogen-bond acceptors (Lipinski definition) is 4. The van der Waals surface area contributed by atoms with Crippen LogP contribution in [-0.2, 0) is 5.41 Å². The number of halogens is 6. The second-order valence-corrected chi connectivity index (χ2v) is 6.71. The van der Waals surface area contributed by atoms with Gasteiger partial charge in [0.15, 0.2) is 11.5 Å². The lowest BCUT2D eigenvalue weighted by atomic mass is 9.69. The molecule has 0 amide bonds. The van der Waals surface area contributed by atoms with E-state index in [1.807, 2.05) is 11.9 Å². The van der Waals surface area contributed by atoms with Gasteiger partial charge in [0.1, 0.15) is 0 Å². The Labute approximate surface area is 151 Å². The number of likely N-dealkylation sites (tertiary alicyclic amines) is 1. The summed E-state index contributed by atoms with van der Waals surface area (Å²) >= 11 is 0. The van der Waals surface area contributed by atoms with E-state index in [1.54, 1.807) is 12.2 Å². The van der Waals surface area contributed by atoms with Crippen molar-refractivity contribution in [2.24, 2.45) is 0 Å². The molecule has 3 rings (SSSR count). The van der Waals surface area contributed by atoms with E-state index >= 15 is 0 Å². The molecule has 0 unspecified atom stereocenters. The van der Waals surface area contributed by atoms with E-state index in [1.165, 1.54) is 6.07 Å². The lowest BCUT2D eigenvalue weighted by Gasteiger charge is -2.39. The number of alkyl halides is 6. The van der Waals surface area contributed by atoms with Crippen LogP contribution in [0.5, 0.6) is 11.5 Å². The van der Waals surface area contributed by atoms with Crippen molar-refractivity contribution in [2.45, 2.75) is 43.1 Å². The molecule has 0 bridgehead atoms. The summed E-state index contributed by atoms with van der Waals surface area (Å²) in [5.41, 5.74) is -0.358. The summed E-state index contributed by atoms with van der Waals surface area (Å²) in [6.45, 7) is 0.623. The number of ether oxygens (including phenoxy) is 2. The second-order valence-electron chi connectivity index (χ2n) is 6.71. The molecule has 1 N–H and O–H groups in total. The Morgan fingerprint density at radius 3 is 2.33 bits per heavy atom. The summed E-state index contributed by atoms with van der Waals surface area (Å²) < 4.78 is 83.1. The third-order valence-corrected chi connectivity index (χ3v) is 5.02. The maximum absolute atomic E-state index is 12.7. The zero-order valence-corrected chi connectivity index (χ0v) is 14.1. The number of fused-ring (bicyclic) bond motifs is 1. The quantitative estimate of drug-likeness (QED) is 0.623. The van der Waals surface area contributed by atoms with Crippen molar-refractivity contribution in [1.29, 1.82) is 0 Å². The first-order valence-electron chi connectivity index (χ1n) is 8.13. The first-order valence-corrected chi connectivity index (χ1v) is 8.13. The van der Waals surface area contributed by atoms with Crippen LogP contribution in [0.1, 0.15) is 18.4 Å². The van der Waals surface area contributed by atoms with Gasteiger partial charge in [-0.25, -0.2) is 0 Å². The SMILES string of the molecule is CN1CC[C@]2(c3ccc(OC(F)(F)F)c(OC(F)(F)F)c3)C=C[C@H](O)C[C@H]12. The molecule has 0 spiro atoms. The lowest BCUT2D eigenvalue weighted by molar-refractivity contribution is -0.287. The van der Waals surface area contributed by atoms with Gasteiger partial charge in [-0.15, -0.1) is 26.3 Å². The van der Waals surface area contributed by atoms with Gasteiger partial charge < -0.3 is 19.5 Å². The molecule has 150 valence electrons. The second kappa shape index (κ2) is 6.59. The van der Waals surface area contributed by atoms with Crippen molar-refractivity contribution in [1.82, 2.24) is 4.90 Å². The van der Waals surface area contributed by atoms with E-state index in [2.05, 4.69) is 9.47 Å². The maximum atomic E-state index is 12.7. The van der Waals surface area contributed by atoms with Crippen LogP contribution in [0.3, 0.4) is 0 Å². The number of benzene rings is 1. The topological polar surface area (TPSA) is 41.9 Å². The van der Waals surface area contributed by atoms with E-state index in [-0.39, 0.29) is 6.04 Å². The number of rotatable bonds is 3. The summed E-state index contributed by atoms with van der Waals surface area (Å²) in [5, 5.41) is 9.88.